The summed E-state index contributed by atoms with van der Waals surface area (Å²) in [7, 11) is 1.45. The molecule has 0 heterocycles. The van der Waals surface area contributed by atoms with Crippen LogP contribution in [-0.4, -0.2) is 47.6 Å². The van der Waals surface area contributed by atoms with E-state index in [2.05, 4.69) is 4.72 Å². The van der Waals surface area contributed by atoms with Crippen LogP contribution in [0, 0.1) is 0 Å². The molecule has 1 aromatic carbocycles. The summed E-state index contributed by atoms with van der Waals surface area (Å²) in [5.41, 5.74) is 0. The van der Waals surface area contributed by atoms with Crippen molar-refractivity contribution in [3.63, 3.8) is 0 Å². The molecule has 0 aliphatic heterocycles. The smallest absolute Gasteiger partial charge is 0.242 e. The molecule has 19 heavy (non-hydrogen) atoms. The Hall–Kier alpha value is -0.530. The van der Waals surface area contributed by atoms with Gasteiger partial charge >= 0.3 is 0 Å². The van der Waals surface area contributed by atoms with Gasteiger partial charge in [0.2, 0.25) is 10.0 Å². The third-order valence-corrected chi connectivity index (χ3v) is 4.85. The average molecular weight is 327 g/mol. The molecule has 8 heteroatoms. The molecule has 0 saturated carbocycles. The van der Waals surface area contributed by atoms with E-state index in [9.17, 15) is 8.42 Å². The summed E-state index contributed by atoms with van der Waals surface area (Å²) in [5, 5.41) is 0.0398. The van der Waals surface area contributed by atoms with Crippen LogP contribution < -0.4 is 9.46 Å². The van der Waals surface area contributed by atoms with Crippen LogP contribution >= 0.6 is 23.2 Å². The van der Waals surface area contributed by atoms with E-state index in [0.29, 0.717) is 12.3 Å². The Morgan fingerprint density at radius 1 is 1.26 bits per heavy atom. The van der Waals surface area contributed by atoms with Gasteiger partial charge in [-0.15, -0.1) is 0 Å². The Morgan fingerprint density at radius 3 is 2.42 bits per heavy atom. The van der Waals surface area contributed by atoms with E-state index in [-0.39, 0.29) is 21.5 Å². The van der Waals surface area contributed by atoms with Crippen LogP contribution in [0.15, 0.2) is 17.0 Å². The molecule has 0 saturated heterocycles. The highest BCUT2D eigenvalue weighted by Gasteiger charge is 2.21. The lowest BCUT2D eigenvalue weighted by Crippen LogP contribution is -2.31. The number of benzene rings is 1. The van der Waals surface area contributed by atoms with Crippen molar-refractivity contribution >= 4 is 33.2 Å². The molecule has 0 unspecified atom stereocenters. The van der Waals surface area contributed by atoms with Crippen LogP contribution in [0.1, 0.15) is 0 Å². The zero-order valence-corrected chi connectivity index (χ0v) is 13.2. The molecule has 0 fully saturated rings. The van der Waals surface area contributed by atoms with Gasteiger partial charge in [0.1, 0.15) is 15.7 Å². The molecule has 1 aromatic rings. The van der Waals surface area contributed by atoms with Gasteiger partial charge in [-0.2, -0.15) is 0 Å². The molecule has 108 valence electrons. The molecular weight excluding hydrogens is 311 g/mol. The van der Waals surface area contributed by atoms with Gasteiger partial charge in [-0.25, -0.2) is 13.1 Å². The highest BCUT2D eigenvalue weighted by Crippen LogP contribution is 2.36. The zero-order valence-electron chi connectivity index (χ0n) is 10.9. The van der Waals surface area contributed by atoms with E-state index in [4.69, 9.17) is 27.9 Å². The lowest BCUT2D eigenvalue weighted by atomic mass is 10.3. The van der Waals surface area contributed by atoms with Gasteiger partial charge in [0.25, 0.3) is 0 Å². The number of sulfonamides is 1. The lowest BCUT2D eigenvalue weighted by molar-refractivity contribution is 0.412. The van der Waals surface area contributed by atoms with Crippen molar-refractivity contribution in [3.05, 3.63) is 22.2 Å². The van der Waals surface area contributed by atoms with Gasteiger partial charge in [-0.05, 0) is 26.2 Å². The molecule has 0 bridgehead atoms. The first-order valence-corrected chi connectivity index (χ1v) is 7.70. The van der Waals surface area contributed by atoms with Gasteiger partial charge < -0.3 is 9.64 Å². The number of nitrogens with zero attached hydrogens (tertiary/aromatic N) is 1. The van der Waals surface area contributed by atoms with Crippen LogP contribution in [0.25, 0.3) is 0 Å². The molecule has 0 aliphatic rings. The summed E-state index contributed by atoms with van der Waals surface area (Å²) in [6, 6.07) is 2.83. The number of rotatable bonds is 6. The van der Waals surface area contributed by atoms with E-state index in [1.807, 2.05) is 19.0 Å². The van der Waals surface area contributed by atoms with Crippen LogP contribution in [0.4, 0.5) is 0 Å². The third-order valence-electron chi connectivity index (χ3n) is 2.37. The van der Waals surface area contributed by atoms with E-state index in [0.717, 1.165) is 0 Å². The van der Waals surface area contributed by atoms with Gasteiger partial charge in [-0.1, -0.05) is 23.2 Å². The molecule has 0 aliphatic carbocycles. The van der Waals surface area contributed by atoms with Gasteiger partial charge in [0.05, 0.1) is 12.1 Å². The van der Waals surface area contributed by atoms with E-state index >= 15 is 0 Å². The number of methoxy groups -OCH3 is 1. The fourth-order valence-corrected chi connectivity index (χ4v) is 3.22. The van der Waals surface area contributed by atoms with Crippen molar-refractivity contribution in [1.82, 2.24) is 9.62 Å². The minimum absolute atomic E-state index is 0.0432. The lowest BCUT2D eigenvalue weighted by Gasteiger charge is -2.13. The minimum Gasteiger partial charge on any atom is -0.495 e. The molecule has 0 spiro atoms. The Morgan fingerprint density at radius 2 is 1.89 bits per heavy atom. The zero-order chi connectivity index (χ0) is 14.6. The highest BCUT2D eigenvalue weighted by molar-refractivity contribution is 7.89. The van der Waals surface area contributed by atoms with Gasteiger partial charge in [-0.3, -0.25) is 0 Å². The second kappa shape index (κ2) is 6.76. The fourth-order valence-electron chi connectivity index (χ4n) is 1.36. The molecule has 1 N–H and O–H groups in total. The first kappa shape index (κ1) is 16.5. The Kier molecular flexibility index (Phi) is 5.88. The molecular formula is C11H16Cl2N2O3S. The number of nitrogens with one attached hydrogen (secondary N) is 1. The van der Waals surface area contributed by atoms with Crippen molar-refractivity contribution in [2.75, 3.05) is 34.3 Å². The normalized spacial score (nSPS) is 11.9. The SMILES string of the molecule is COc1ccc(S(=O)(=O)NCCN(C)C)c(Cl)c1Cl. The summed E-state index contributed by atoms with van der Waals surface area (Å²) in [6.07, 6.45) is 0. The molecule has 5 nitrogen and oxygen atoms in total. The summed E-state index contributed by atoms with van der Waals surface area (Å²) in [4.78, 5) is 1.81. The Balaban J connectivity index is 2.99. The quantitative estimate of drug-likeness (QED) is 0.866. The number of likely N-dealkylation sites (N-methyl/N-ethyl adjacent to an activating group) is 1. The van der Waals surface area contributed by atoms with Crippen molar-refractivity contribution in [2.45, 2.75) is 4.90 Å². The first-order valence-electron chi connectivity index (χ1n) is 5.46. The second-order valence-electron chi connectivity index (χ2n) is 4.09. The van der Waals surface area contributed by atoms with Crippen molar-refractivity contribution < 1.29 is 13.2 Å². The number of ether oxygens (including phenoxy) is 1. The highest BCUT2D eigenvalue weighted by atomic mass is 35.5. The van der Waals surface area contributed by atoms with Gasteiger partial charge in [0.15, 0.2) is 0 Å². The predicted octanol–water partition coefficient (Wildman–Crippen LogP) is 1.84. The maximum absolute atomic E-state index is 12.1. The van der Waals surface area contributed by atoms with Crippen molar-refractivity contribution in [3.8, 4) is 5.75 Å². The Labute approximate surface area is 123 Å². The largest absolute Gasteiger partial charge is 0.495 e. The van der Waals surface area contributed by atoms with Crippen molar-refractivity contribution in [2.24, 2.45) is 0 Å². The first-order chi connectivity index (χ1) is 8.79. The standard InChI is InChI=1S/C11H16Cl2N2O3S/c1-15(2)7-6-14-19(16,17)9-5-4-8(18-3)10(12)11(9)13/h4-5,14H,6-7H2,1-3H3. The van der Waals surface area contributed by atoms with E-state index in [1.165, 1.54) is 19.2 Å². The van der Waals surface area contributed by atoms with Crippen LogP contribution in [-0.2, 0) is 10.0 Å². The van der Waals surface area contributed by atoms with E-state index in [1.54, 1.807) is 0 Å². The summed E-state index contributed by atoms with van der Waals surface area (Å²) in [6.45, 7) is 0.871. The topological polar surface area (TPSA) is 58.6 Å². The van der Waals surface area contributed by atoms with E-state index < -0.39 is 10.0 Å². The summed E-state index contributed by atoms with van der Waals surface area (Å²) < 4.78 is 31.6. The number of hydrogen-bond acceptors (Lipinski definition) is 4. The van der Waals surface area contributed by atoms with Crippen molar-refractivity contribution in [1.29, 1.82) is 0 Å². The minimum atomic E-state index is -3.68. The average Bonchev–Trinajstić information content (AvgIpc) is 2.31. The molecule has 0 aromatic heterocycles. The maximum Gasteiger partial charge on any atom is 0.242 e. The number of halogens is 2. The second-order valence-corrected chi connectivity index (χ2v) is 6.59. The molecule has 1 rings (SSSR count). The van der Waals surface area contributed by atoms with Gasteiger partial charge in [0, 0.05) is 13.1 Å². The monoisotopic (exact) mass is 326 g/mol. The molecule has 0 radical (unpaired) electrons. The van der Waals surface area contributed by atoms with Crippen LogP contribution in [0.5, 0.6) is 5.75 Å². The summed E-state index contributed by atoms with van der Waals surface area (Å²) in [5.74, 6) is 0.332. The summed E-state index contributed by atoms with van der Waals surface area (Å²) >= 11 is 11.9. The third kappa shape index (κ3) is 4.22. The molecule has 0 atom stereocenters. The fraction of sp³-hybridized carbons (Fsp3) is 0.455. The molecule has 0 amide bonds. The predicted molar refractivity (Wildman–Crippen MR) is 76.8 cm³/mol. The number of hydrogen-bond donors (Lipinski definition) is 1. The maximum atomic E-state index is 12.1. The Bertz CT molecular complexity index is 547. The van der Waals surface area contributed by atoms with Crippen LogP contribution in [0.2, 0.25) is 10.0 Å². The van der Waals surface area contributed by atoms with Crippen LogP contribution in [0.3, 0.4) is 0 Å².